The van der Waals surface area contributed by atoms with Crippen molar-refractivity contribution >= 4 is 0 Å². The van der Waals surface area contributed by atoms with Crippen molar-refractivity contribution in [3.63, 3.8) is 0 Å². The highest BCUT2D eigenvalue weighted by atomic mass is 16.3. The van der Waals surface area contributed by atoms with E-state index in [0.29, 0.717) is 5.75 Å². The van der Waals surface area contributed by atoms with Gasteiger partial charge in [-0.05, 0) is 12.1 Å². The third kappa shape index (κ3) is 5.12. The van der Waals surface area contributed by atoms with Crippen LogP contribution in [0.2, 0.25) is 0 Å². The van der Waals surface area contributed by atoms with Crippen LogP contribution in [0, 0.1) is 0 Å². The molecule has 58 valence electrons. The van der Waals surface area contributed by atoms with Crippen LogP contribution in [0.4, 0.5) is 0 Å². The van der Waals surface area contributed by atoms with Crippen LogP contribution in [-0.4, -0.2) is 5.11 Å². The minimum absolute atomic E-state index is 0. The third-order valence-electron chi connectivity index (χ3n) is 0.756. The minimum Gasteiger partial charge on any atom is -0.508 e. The molecule has 0 heterocycles. The van der Waals surface area contributed by atoms with Crippen LogP contribution >= 0.6 is 0 Å². The SMILES string of the molecule is CC.N.Oc1ccccc1. The van der Waals surface area contributed by atoms with Crippen LogP contribution in [0.15, 0.2) is 30.3 Å². The maximum Gasteiger partial charge on any atom is 0.115 e. The quantitative estimate of drug-likeness (QED) is 0.583. The Balaban J connectivity index is 0. The van der Waals surface area contributed by atoms with Gasteiger partial charge in [0.1, 0.15) is 5.75 Å². The molecule has 0 radical (unpaired) electrons. The number of phenolic OH excluding ortho intramolecular Hbond substituents is 1. The van der Waals surface area contributed by atoms with Crippen LogP contribution < -0.4 is 6.15 Å². The van der Waals surface area contributed by atoms with Gasteiger partial charge in [0.15, 0.2) is 0 Å². The first-order valence-electron chi connectivity index (χ1n) is 3.13. The van der Waals surface area contributed by atoms with E-state index in [1.165, 1.54) is 0 Å². The summed E-state index contributed by atoms with van der Waals surface area (Å²) in [6.07, 6.45) is 0. The molecule has 0 atom stereocenters. The monoisotopic (exact) mass is 141 g/mol. The molecule has 2 nitrogen and oxygen atoms in total. The van der Waals surface area contributed by atoms with Crippen LogP contribution in [0.5, 0.6) is 5.75 Å². The number of aromatic hydroxyl groups is 1. The van der Waals surface area contributed by atoms with Crippen LogP contribution in [-0.2, 0) is 0 Å². The molecule has 0 aliphatic carbocycles. The number of hydrogen-bond acceptors (Lipinski definition) is 2. The fourth-order valence-electron chi connectivity index (χ4n) is 0.428. The topological polar surface area (TPSA) is 55.2 Å². The predicted octanol–water partition coefficient (Wildman–Crippen LogP) is 2.58. The first-order valence-corrected chi connectivity index (χ1v) is 3.13. The molecule has 0 spiro atoms. The average molecular weight is 141 g/mol. The van der Waals surface area contributed by atoms with Crippen molar-refractivity contribution in [1.29, 1.82) is 0 Å². The molecule has 10 heavy (non-hydrogen) atoms. The molecule has 0 aliphatic heterocycles. The van der Waals surface area contributed by atoms with E-state index < -0.39 is 0 Å². The van der Waals surface area contributed by atoms with Crippen molar-refractivity contribution < 1.29 is 5.11 Å². The average Bonchev–Trinajstić information content (AvgIpc) is 1.94. The molecular weight excluding hydrogens is 126 g/mol. The summed E-state index contributed by atoms with van der Waals surface area (Å²) in [5, 5.41) is 8.63. The fraction of sp³-hybridized carbons (Fsp3) is 0.250. The zero-order valence-electron chi connectivity index (χ0n) is 6.54. The molecule has 2 heteroatoms. The van der Waals surface area contributed by atoms with Gasteiger partial charge in [0.2, 0.25) is 0 Å². The van der Waals surface area contributed by atoms with E-state index in [0.717, 1.165) is 0 Å². The number of para-hydroxylation sites is 1. The second kappa shape index (κ2) is 7.98. The van der Waals surface area contributed by atoms with Crippen molar-refractivity contribution in [2.45, 2.75) is 13.8 Å². The molecule has 0 saturated heterocycles. The van der Waals surface area contributed by atoms with Crippen molar-refractivity contribution in [2.24, 2.45) is 0 Å². The number of phenols is 1. The largest absolute Gasteiger partial charge is 0.508 e. The Hall–Kier alpha value is -1.02. The summed E-state index contributed by atoms with van der Waals surface area (Å²) in [7, 11) is 0. The Kier molecular flexibility index (Phi) is 9.37. The highest BCUT2D eigenvalue weighted by Crippen LogP contribution is 2.02. The lowest BCUT2D eigenvalue weighted by Gasteiger charge is -1.82. The Morgan fingerprint density at radius 3 is 1.60 bits per heavy atom. The smallest absolute Gasteiger partial charge is 0.115 e. The standard InChI is InChI=1S/C6H6O.C2H6.H3N/c7-6-4-2-1-3-5-6;1-2;/h1-5,7H;1-2H3;1H3. The third-order valence-corrected chi connectivity index (χ3v) is 0.756. The molecule has 4 N–H and O–H groups in total. The Bertz CT molecular complexity index is 139. The van der Waals surface area contributed by atoms with Gasteiger partial charge in [0.25, 0.3) is 0 Å². The summed E-state index contributed by atoms with van der Waals surface area (Å²) < 4.78 is 0. The first-order chi connectivity index (χ1) is 4.39. The molecule has 0 amide bonds. The highest BCUT2D eigenvalue weighted by Gasteiger charge is 1.74. The lowest BCUT2D eigenvalue weighted by Crippen LogP contribution is -1.56. The van der Waals surface area contributed by atoms with Gasteiger partial charge < -0.3 is 11.3 Å². The second-order valence-corrected chi connectivity index (χ2v) is 1.34. The van der Waals surface area contributed by atoms with Crippen molar-refractivity contribution in [2.75, 3.05) is 0 Å². The van der Waals surface area contributed by atoms with Crippen molar-refractivity contribution in [1.82, 2.24) is 6.15 Å². The fourth-order valence-corrected chi connectivity index (χ4v) is 0.428. The molecule has 0 saturated carbocycles. The molecule has 0 unspecified atom stereocenters. The summed E-state index contributed by atoms with van der Waals surface area (Å²) in [5.41, 5.74) is 0. The molecule has 0 aliphatic rings. The summed E-state index contributed by atoms with van der Waals surface area (Å²) in [6.45, 7) is 4.00. The molecule has 1 rings (SSSR count). The minimum atomic E-state index is 0. The van der Waals surface area contributed by atoms with E-state index in [9.17, 15) is 0 Å². The predicted molar refractivity (Wildman–Crippen MR) is 44.5 cm³/mol. The molecule has 1 aromatic rings. The molecule has 0 bridgehead atoms. The molecular formula is C8H15NO. The lowest BCUT2D eigenvalue weighted by atomic mass is 10.3. The van der Waals surface area contributed by atoms with E-state index in [-0.39, 0.29) is 6.15 Å². The maximum absolute atomic E-state index is 8.63. The van der Waals surface area contributed by atoms with Crippen LogP contribution in [0.3, 0.4) is 0 Å². The molecule has 0 fully saturated rings. The van der Waals surface area contributed by atoms with E-state index in [1.807, 2.05) is 19.9 Å². The summed E-state index contributed by atoms with van der Waals surface area (Å²) >= 11 is 0. The molecule has 0 aromatic heterocycles. The Morgan fingerprint density at radius 1 is 1.00 bits per heavy atom. The Labute approximate surface area is 62.1 Å². The summed E-state index contributed by atoms with van der Waals surface area (Å²) in [5.74, 6) is 0.322. The van der Waals surface area contributed by atoms with Crippen molar-refractivity contribution in [3.05, 3.63) is 30.3 Å². The van der Waals surface area contributed by atoms with E-state index in [1.54, 1.807) is 24.3 Å². The van der Waals surface area contributed by atoms with E-state index in [4.69, 9.17) is 5.11 Å². The second-order valence-electron chi connectivity index (χ2n) is 1.34. The van der Waals surface area contributed by atoms with Crippen LogP contribution in [0.25, 0.3) is 0 Å². The van der Waals surface area contributed by atoms with E-state index >= 15 is 0 Å². The number of rotatable bonds is 0. The molecule has 1 aromatic carbocycles. The van der Waals surface area contributed by atoms with Crippen LogP contribution in [0.1, 0.15) is 13.8 Å². The highest BCUT2D eigenvalue weighted by molar-refractivity contribution is 5.18. The summed E-state index contributed by atoms with van der Waals surface area (Å²) in [6, 6.07) is 8.71. The van der Waals surface area contributed by atoms with Gasteiger partial charge in [-0.3, -0.25) is 0 Å². The van der Waals surface area contributed by atoms with Gasteiger partial charge in [-0.25, -0.2) is 0 Å². The van der Waals surface area contributed by atoms with Gasteiger partial charge in [0.05, 0.1) is 0 Å². The normalized spacial score (nSPS) is 6.60. The zero-order chi connectivity index (χ0) is 7.11. The van der Waals surface area contributed by atoms with Gasteiger partial charge in [0, 0.05) is 0 Å². The van der Waals surface area contributed by atoms with Gasteiger partial charge >= 0.3 is 0 Å². The first kappa shape index (κ1) is 11.7. The van der Waals surface area contributed by atoms with Gasteiger partial charge in [-0.15, -0.1) is 0 Å². The lowest BCUT2D eigenvalue weighted by molar-refractivity contribution is 0.475. The zero-order valence-corrected chi connectivity index (χ0v) is 6.54. The maximum atomic E-state index is 8.63. The number of hydrogen-bond donors (Lipinski definition) is 2. The number of benzene rings is 1. The Morgan fingerprint density at radius 2 is 1.40 bits per heavy atom. The van der Waals surface area contributed by atoms with E-state index in [2.05, 4.69) is 0 Å². The van der Waals surface area contributed by atoms with Gasteiger partial charge in [-0.2, -0.15) is 0 Å². The van der Waals surface area contributed by atoms with Crippen molar-refractivity contribution in [3.8, 4) is 5.75 Å². The van der Waals surface area contributed by atoms with Gasteiger partial charge in [-0.1, -0.05) is 32.0 Å². The summed E-state index contributed by atoms with van der Waals surface area (Å²) in [4.78, 5) is 0.